The van der Waals surface area contributed by atoms with Gasteiger partial charge in [-0.3, -0.25) is 4.90 Å². The first-order valence-corrected chi connectivity index (χ1v) is 11.3. The predicted molar refractivity (Wildman–Crippen MR) is 124 cm³/mol. The highest BCUT2D eigenvalue weighted by atomic mass is 16.5. The van der Waals surface area contributed by atoms with E-state index in [1.54, 1.807) is 0 Å². The first kappa shape index (κ1) is 21.6. The minimum Gasteiger partial charge on any atom is -0.439 e. The molecule has 1 atom stereocenters. The average Bonchev–Trinajstić information content (AvgIpc) is 3.53. The first-order valence-electron chi connectivity index (χ1n) is 11.3. The van der Waals surface area contributed by atoms with E-state index in [4.69, 9.17) is 9.84 Å². The molecule has 164 valence electrons. The second kappa shape index (κ2) is 9.67. The highest BCUT2D eigenvalue weighted by molar-refractivity contribution is 5.65. The summed E-state index contributed by atoms with van der Waals surface area (Å²) in [7, 11) is 1.94. The monoisotopic (exact) mass is 419 g/mol. The van der Waals surface area contributed by atoms with Crippen LogP contribution < -0.4 is 4.74 Å². The Kier molecular flexibility index (Phi) is 6.73. The summed E-state index contributed by atoms with van der Waals surface area (Å²) in [6.45, 7) is 6.47. The summed E-state index contributed by atoms with van der Waals surface area (Å²) in [6, 6.07) is 18.4. The Morgan fingerprint density at radius 3 is 2.61 bits per heavy atom. The van der Waals surface area contributed by atoms with E-state index >= 15 is 0 Å². The zero-order valence-electron chi connectivity index (χ0n) is 18.8. The number of ether oxygens (including phenoxy) is 1. The lowest BCUT2D eigenvalue weighted by molar-refractivity contribution is 0.102. The first-order chi connectivity index (χ1) is 15.0. The van der Waals surface area contributed by atoms with Crippen LogP contribution in [-0.2, 0) is 13.6 Å². The molecule has 3 aromatic rings. The SMILES string of the molecule is CC[C@@H](O)CN(Cc1c(-c2ccccc2)nn(C)c1Oc1cccc(C)c1)CC1CC1. The van der Waals surface area contributed by atoms with Crippen molar-refractivity contribution in [2.75, 3.05) is 13.1 Å². The molecule has 1 fully saturated rings. The Morgan fingerprint density at radius 2 is 1.94 bits per heavy atom. The quantitative estimate of drug-likeness (QED) is 0.492. The second-order valence-corrected chi connectivity index (χ2v) is 8.74. The molecule has 1 aliphatic carbocycles. The Morgan fingerprint density at radius 1 is 1.16 bits per heavy atom. The van der Waals surface area contributed by atoms with Crippen LogP contribution in [0.25, 0.3) is 11.3 Å². The number of hydrogen-bond acceptors (Lipinski definition) is 4. The third kappa shape index (κ3) is 5.54. The Hall–Kier alpha value is -2.63. The number of aryl methyl sites for hydroxylation is 2. The molecule has 1 saturated carbocycles. The highest BCUT2D eigenvalue weighted by Gasteiger charge is 2.28. The van der Waals surface area contributed by atoms with Crippen molar-refractivity contribution in [3.63, 3.8) is 0 Å². The molecule has 1 N–H and O–H groups in total. The molecule has 0 spiro atoms. The molecule has 1 heterocycles. The molecule has 5 heteroatoms. The Labute approximate surface area is 185 Å². The van der Waals surface area contributed by atoms with E-state index < -0.39 is 0 Å². The van der Waals surface area contributed by atoms with Crippen molar-refractivity contribution in [2.24, 2.45) is 13.0 Å². The summed E-state index contributed by atoms with van der Waals surface area (Å²) in [5.74, 6) is 2.31. The van der Waals surface area contributed by atoms with Gasteiger partial charge in [0.1, 0.15) is 11.4 Å². The lowest BCUT2D eigenvalue weighted by Gasteiger charge is -2.25. The van der Waals surface area contributed by atoms with Crippen molar-refractivity contribution in [2.45, 2.75) is 45.8 Å². The van der Waals surface area contributed by atoms with Crippen molar-refractivity contribution < 1.29 is 9.84 Å². The van der Waals surface area contributed by atoms with E-state index in [0.717, 1.165) is 52.9 Å². The zero-order chi connectivity index (χ0) is 21.8. The molecule has 0 saturated heterocycles. The minimum atomic E-state index is -0.322. The smallest absolute Gasteiger partial charge is 0.222 e. The van der Waals surface area contributed by atoms with Crippen molar-refractivity contribution in [3.05, 3.63) is 65.7 Å². The largest absolute Gasteiger partial charge is 0.439 e. The third-order valence-electron chi connectivity index (χ3n) is 5.87. The van der Waals surface area contributed by atoms with Crippen LogP contribution in [0.1, 0.15) is 37.3 Å². The molecular weight excluding hydrogens is 386 g/mol. The molecule has 0 amide bonds. The van der Waals surface area contributed by atoms with Gasteiger partial charge in [0.05, 0.1) is 11.7 Å². The number of hydrogen-bond donors (Lipinski definition) is 1. The molecule has 0 unspecified atom stereocenters. The summed E-state index contributed by atoms with van der Waals surface area (Å²) >= 11 is 0. The van der Waals surface area contributed by atoms with Crippen molar-refractivity contribution in [1.82, 2.24) is 14.7 Å². The average molecular weight is 420 g/mol. The van der Waals surface area contributed by atoms with Gasteiger partial charge in [-0.05, 0) is 49.8 Å². The number of aliphatic hydroxyl groups excluding tert-OH is 1. The van der Waals surface area contributed by atoms with Crippen molar-refractivity contribution in [3.8, 4) is 22.9 Å². The molecule has 1 aromatic heterocycles. The molecule has 0 radical (unpaired) electrons. The molecule has 0 bridgehead atoms. The number of benzene rings is 2. The summed E-state index contributed by atoms with van der Waals surface area (Å²) in [5.41, 5.74) is 4.25. The van der Waals surface area contributed by atoms with Crippen LogP contribution in [0.4, 0.5) is 0 Å². The van der Waals surface area contributed by atoms with Gasteiger partial charge < -0.3 is 9.84 Å². The van der Waals surface area contributed by atoms with Gasteiger partial charge in [-0.15, -0.1) is 0 Å². The van der Waals surface area contributed by atoms with Gasteiger partial charge in [0.25, 0.3) is 0 Å². The van der Waals surface area contributed by atoms with Crippen LogP contribution in [0.15, 0.2) is 54.6 Å². The molecule has 2 aromatic carbocycles. The van der Waals surface area contributed by atoms with Crippen LogP contribution in [0.3, 0.4) is 0 Å². The van der Waals surface area contributed by atoms with Gasteiger partial charge in [0.2, 0.25) is 5.88 Å². The Bertz CT molecular complexity index is 995. The molecule has 4 rings (SSSR count). The van der Waals surface area contributed by atoms with E-state index in [-0.39, 0.29) is 6.10 Å². The number of aliphatic hydroxyl groups is 1. The minimum absolute atomic E-state index is 0.322. The molecule has 1 aliphatic rings. The van der Waals surface area contributed by atoms with Gasteiger partial charge in [-0.25, -0.2) is 4.68 Å². The van der Waals surface area contributed by atoms with E-state index in [1.807, 2.05) is 55.1 Å². The van der Waals surface area contributed by atoms with Crippen LogP contribution >= 0.6 is 0 Å². The molecule has 0 aliphatic heterocycles. The van der Waals surface area contributed by atoms with E-state index in [9.17, 15) is 5.11 Å². The normalized spacial score (nSPS) is 14.7. The fourth-order valence-corrected chi connectivity index (χ4v) is 3.96. The zero-order valence-corrected chi connectivity index (χ0v) is 18.8. The summed E-state index contributed by atoms with van der Waals surface area (Å²) in [5, 5.41) is 15.2. The number of nitrogens with zero attached hydrogens (tertiary/aromatic N) is 3. The van der Waals surface area contributed by atoms with Gasteiger partial charge >= 0.3 is 0 Å². The van der Waals surface area contributed by atoms with Crippen LogP contribution in [0.5, 0.6) is 11.6 Å². The lowest BCUT2D eigenvalue weighted by Crippen LogP contribution is -2.33. The fraction of sp³-hybridized carbons (Fsp3) is 0.423. The van der Waals surface area contributed by atoms with Gasteiger partial charge in [-0.1, -0.05) is 49.4 Å². The van der Waals surface area contributed by atoms with E-state index in [1.165, 1.54) is 12.8 Å². The van der Waals surface area contributed by atoms with E-state index in [2.05, 4.69) is 30.0 Å². The standard InChI is InChI=1S/C26H33N3O2/c1-4-22(30)17-29(16-20-13-14-20)18-24-25(21-10-6-5-7-11-21)27-28(3)26(24)31-23-12-8-9-19(2)15-23/h5-12,15,20,22,30H,4,13-14,16-18H2,1-3H3/t22-/m1/s1. The maximum absolute atomic E-state index is 10.4. The van der Waals surface area contributed by atoms with Crippen molar-refractivity contribution >= 4 is 0 Å². The van der Waals surface area contributed by atoms with Gasteiger partial charge in [0.15, 0.2) is 0 Å². The van der Waals surface area contributed by atoms with E-state index in [0.29, 0.717) is 13.1 Å². The summed E-state index contributed by atoms with van der Waals surface area (Å²) in [4.78, 5) is 2.37. The second-order valence-electron chi connectivity index (χ2n) is 8.74. The van der Waals surface area contributed by atoms with Crippen LogP contribution in [0, 0.1) is 12.8 Å². The van der Waals surface area contributed by atoms with Crippen LogP contribution in [0.2, 0.25) is 0 Å². The number of aromatic nitrogens is 2. The van der Waals surface area contributed by atoms with Gasteiger partial charge in [-0.2, -0.15) is 5.10 Å². The third-order valence-corrected chi connectivity index (χ3v) is 5.87. The maximum atomic E-state index is 10.4. The highest BCUT2D eigenvalue weighted by Crippen LogP contribution is 2.36. The van der Waals surface area contributed by atoms with Crippen LogP contribution in [-0.4, -0.2) is 39.0 Å². The predicted octanol–water partition coefficient (Wildman–Crippen LogP) is 5.17. The van der Waals surface area contributed by atoms with Crippen molar-refractivity contribution in [1.29, 1.82) is 0 Å². The molecule has 5 nitrogen and oxygen atoms in total. The fourth-order valence-electron chi connectivity index (χ4n) is 3.96. The summed E-state index contributed by atoms with van der Waals surface area (Å²) < 4.78 is 8.23. The summed E-state index contributed by atoms with van der Waals surface area (Å²) in [6.07, 6.45) is 3.00. The number of rotatable bonds is 10. The lowest BCUT2D eigenvalue weighted by atomic mass is 10.1. The topological polar surface area (TPSA) is 50.5 Å². The molecular formula is C26H33N3O2. The van der Waals surface area contributed by atoms with Gasteiger partial charge in [0, 0.05) is 32.2 Å². The molecule has 31 heavy (non-hydrogen) atoms. The maximum Gasteiger partial charge on any atom is 0.222 e. The Balaban J connectivity index is 1.71.